The highest BCUT2D eigenvalue weighted by molar-refractivity contribution is 7.13. The molecule has 6 heteroatoms. The Morgan fingerprint density at radius 2 is 1.86 bits per heavy atom. The molecule has 0 saturated carbocycles. The summed E-state index contributed by atoms with van der Waals surface area (Å²) in [4.78, 5) is 16.0. The molecule has 5 nitrogen and oxygen atoms in total. The highest BCUT2D eigenvalue weighted by atomic mass is 32.1. The molecule has 1 aromatic carbocycles. The normalized spacial score (nSPS) is 16.0. The Labute approximate surface area is 169 Å². The second-order valence-corrected chi connectivity index (χ2v) is 8.10. The minimum Gasteiger partial charge on any atom is -0.355 e. The molecule has 0 bridgehead atoms. The van der Waals surface area contributed by atoms with Crippen molar-refractivity contribution in [2.24, 2.45) is 5.92 Å². The Morgan fingerprint density at radius 3 is 2.50 bits per heavy atom. The van der Waals surface area contributed by atoms with Crippen LogP contribution in [-0.2, 0) is 4.79 Å². The van der Waals surface area contributed by atoms with E-state index in [0.717, 1.165) is 47.9 Å². The van der Waals surface area contributed by atoms with E-state index in [1.165, 1.54) is 0 Å². The van der Waals surface area contributed by atoms with Crippen LogP contribution in [0.2, 0.25) is 0 Å². The van der Waals surface area contributed by atoms with Crippen molar-refractivity contribution < 1.29 is 4.79 Å². The van der Waals surface area contributed by atoms with Crippen molar-refractivity contribution in [2.45, 2.75) is 25.8 Å². The van der Waals surface area contributed by atoms with Gasteiger partial charge in [0.25, 0.3) is 0 Å². The van der Waals surface area contributed by atoms with Crippen molar-refractivity contribution in [2.75, 3.05) is 18.0 Å². The number of thiophene rings is 1. The van der Waals surface area contributed by atoms with Gasteiger partial charge in [0.05, 0.1) is 10.9 Å². The van der Waals surface area contributed by atoms with Gasteiger partial charge >= 0.3 is 0 Å². The fourth-order valence-corrected chi connectivity index (χ4v) is 4.27. The molecule has 1 aliphatic heterocycles. The van der Waals surface area contributed by atoms with Gasteiger partial charge in [0.2, 0.25) is 5.91 Å². The van der Waals surface area contributed by atoms with Crippen LogP contribution in [0.5, 0.6) is 0 Å². The molecule has 2 aromatic heterocycles. The van der Waals surface area contributed by atoms with Crippen LogP contribution in [0.1, 0.15) is 31.4 Å². The molecule has 4 rings (SSSR count). The summed E-state index contributed by atoms with van der Waals surface area (Å²) < 4.78 is 0. The van der Waals surface area contributed by atoms with Gasteiger partial charge in [-0.15, -0.1) is 21.5 Å². The predicted molar refractivity (Wildman–Crippen MR) is 113 cm³/mol. The van der Waals surface area contributed by atoms with E-state index in [-0.39, 0.29) is 17.9 Å². The maximum atomic E-state index is 12.6. The zero-order valence-electron chi connectivity index (χ0n) is 15.9. The van der Waals surface area contributed by atoms with Crippen molar-refractivity contribution in [3.05, 3.63) is 65.5 Å². The number of carbonyl (C=O) groups excluding carboxylic acids is 1. The zero-order valence-corrected chi connectivity index (χ0v) is 16.7. The van der Waals surface area contributed by atoms with Crippen LogP contribution >= 0.6 is 11.3 Å². The smallest absolute Gasteiger partial charge is 0.223 e. The molecule has 1 aliphatic rings. The standard InChI is InChI=1S/C22H24N4OS/c1-16(17-6-3-2-4-7-17)23-22(27)18-11-13-26(14-12-18)21-10-9-19(24-25-21)20-8-5-15-28-20/h2-10,15-16,18H,11-14H2,1H3,(H,23,27). The number of benzene rings is 1. The Morgan fingerprint density at radius 1 is 1.07 bits per heavy atom. The number of hydrogen-bond donors (Lipinski definition) is 1. The summed E-state index contributed by atoms with van der Waals surface area (Å²) >= 11 is 1.66. The van der Waals surface area contributed by atoms with Crippen LogP contribution in [0.4, 0.5) is 5.82 Å². The van der Waals surface area contributed by atoms with Gasteiger partial charge < -0.3 is 10.2 Å². The summed E-state index contributed by atoms with van der Waals surface area (Å²) in [5.41, 5.74) is 2.04. The lowest BCUT2D eigenvalue weighted by Gasteiger charge is -2.32. The van der Waals surface area contributed by atoms with Crippen LogP contribution in [-0.4, -0.2) is 29.2 Å². The monoisotopic (exact) mass is 392 g/mol. The summed E-state index contributed by atoms with van der Waals surface area (Å²) in [6.45, 7) is 3.68. The molecule has 0 aliphatic carbocycles. The van der Waals surface area contributed by atoms with Gasteiger partial charge in [-0.3, -0.25) is 4.79 Å². The Hall–Kier alpha value is -2.73. The van der Waals surface area contributed by atoms with Crippen molar-refractivity contribution in [3.8, 4) is 10.6 Å². The molecule has 1 N–H and O–H groups in total. The summed E-state index contributed by atoms with van der Waals surface area (Å²) in [5.74, 6) is 1.09. The molecular weight excluding hydrogens is 368 g/mol. The van der Waals surface area contributed by atoms with Crippen LogP contribution in [0, 0.1) is 5.92 Å². The first-order valence-corrected chi connectivity index (χ1v) is 10.6. The van der Waals surface area contributed by atoms with Crippen molar-refractivity contribution in [1.82, 2.24) is 15.5 Å². The molecule has 1 amide bonds. The van der Waals surface area contributed by atoms with Gasteiger partial charge in [0.1, 0.15) is 5.69 Å². The Kier molecular flexibility index (Phi) is 5.67. The van der Waals surface area contributed by atoms with Gasteiger partial charge in [-0.1, -0.05) is 36.4 Å². The Bertz CT molecular complexity index is 888. The first kappa shape index (κ1) is 18.6. The molecule has 1 unspecified atom stereocenters. The molecule has 1 saturated heterocycles. The molecule has 0 radical (unpaired) electrons. The maximum absolute atomic E-state index is 12.6. The topological polar surface area (TPSA) is 58.1 Å². The van der Waals surface area contributed by atoms with E-state index >= 15 is 0 Å². The third-order valence-corrected chi connectivity index (χ3v) is 6.16. The molecular formula is C22H24N4OS. The summed E-state index contributed by atoms with van der Waals surface area (Å²) in [5, 5.41) is 14.0. The summed E-state index contributed by atoms with van der Waals surface area (Å²) in [6.07, 6.45) is 1.67. The van der Waals surface area contributed by atoms with Crippen LogP contribution in [0.25, 0.3) is 10.6 Å². The lowest BCUT2D eigenvalue weighted by molar-refractivity contribution is -0.126. The number of piperidine rings is 1. The predicted octanol–water partition coefficient (Wildman–Crippen LogP) is 4.30. The van der Waals surface area contributed by atoms with Gasteiger partial charge in [0, 0.05) is 19.0 Å². The van der Waals surface area contributed by atoms with E-state index in [0.29, 0.717) is 0 Å². The number of nitrogens with one attached hydrogen (secondary N) is 1. The molecule has 0 spiro atoms. The van der Waals surface area contributed by atoms with Crippen LogP contribution in [0.15, 0.2) is 60.0 Å². The highest BCUT2D eigenvalue weighted by Gasteiger charge is 2.26. The van der Waals surface area contributed by atoms with E-state index in [1.807, 2.05) is 60.8 Å². The minimum absolute atomic E-state index is 0.0300. The quantitative estimate of drug-likeness (QED) is 0.703. The van der Waals surface area contributed by atoms with Gasteiger partial charge in [-0.25, -0.2) is 0 Å². The fraction of sp³-hybridized carbons (Fsp3) is 0.318. The number of nitrogens with zero attached hydrogens (tertiary/aromatic N) is 3. The molecule has 1 fully saturated rings. The van der Waals surface area contributed by atoms with E-state index in [2.05, 4.69) is 26.5 Å². The van der Waals surface area contributed by atoms with Crippen molar-refractivity contribution >= 4 is 23.1 Å². The third-order valence-electron chi connectivity index (χ3n) is 5.27. The molecule has 144 valence electrons. The summed E-state index contributed by atoms with van der Waals surface area (Å²) in [6, 6.07) is 18.2. The minimum atomic E-state index is 0.0300. The van der Waals surface area contributed by atoms with E-state index < -0.39 is 0 Å². The SMILES string of the molecule is CC(NC(=O)C1CCN(c2ccc(-c3cccs3)nn2)CC1)c1ccccc1. The van der Waals surface area contributed by atoms with Crippen LogP contribution < -0.4 is 10.2 Å². The lowest BCUT2D eigenvalue weighted by Crippen LogP contribution is -2.41. The number of rotatable bonds is 5. The zero-order chi connectivity index (χ0) is 19.3. The van der Waals surface area contributed by atoms with E-state index in [1.54, 1.807) is 11.3 Å². The highest BCUT2D eigenvalue weighted by Crippen LogP contribution is 2.26. The fourth-order valence-electron chi connectivity index (χ4n) is 3.58. The van der Waals surface area contributed by atoms with Crippen molar-refractivity contribution in [3.63, 3.8) is 0 Å². The average molecular weight is 393 g/mol. The number of amides is 1. The molecule has 28 heavy (non-hydrogen) atoms. The first-order valence-electron chi connectivity index (χ1n) is 9.68. The average Bonchev–Trinajstić information content (AvgIpc) is 3.29. The Balaban J connectivity index is 1.31. The van der Waals surface area contributed by atoms with Crippen LogP contribution in [0.3, 0.4) is 0 Å². The third kappa shape index (κ3) is 4.22. The first-order chi connectivity index (χ1) is 13.7. The lowest BCUT2D eigenvalue weighted by atomic mass is 9.95. The summed E-state index contributed by atoms with van der Waals surface area (Å²) in [7, 11) is 0. The van der Waals surface area contributed by atoms with E-state index in [9.17, 15) is 4.79 Å². The van der Waals surface area contributed by atoms with Gasteiger partial charge in [-0.05, 0) is 48.9 Å². The number of anilines is 1. The second-order valence-electron chi connectivity index (χ2n) is 7.16. The number of carbonyl (C=O) groups is 1. The number of aromatic nitrogens is 2. The van der Waals surface area contributed by atoms with Gasteiger partial charge in [-0.2, -0.15) is 0 Å². The molecule has 3 heterocycles. The van der Waals surface area contributed by atoms with Crippen molar-refractivity contribution in [1.29, 1.82) is 0 Å². The largest absolute Gasteiger partial charge is 0.355 e. The number of hydrogen-bond acceptors (Lipinski definition) is 5. The van der Waals surface area contributed by atoms with E-state index in [4.69, 9.17) is 0 Å². The second kappa shape index (κ2) is 8.52. The molecule has 1 atom stereocenters. The van der Waals surface area contributed by atoms with Gasteiger partial charge in [0.15, 0.2) is 5.82 Å². The maximum Gasteiger partial charge on any atom is 0.223 e. The molecule has 3 aromatic rings.